The van der Waals surface area contributed by atoms with Gasteiger partial charge in [0, 0.05) is 25.8 Å². The minimum absolute atomic E-state index is 0.0262. The van der Waals surface area contributed by atoms with E-state index < -0.39 is 10.0 Å². The molecular weight excluding hydrogens is 258 g/mol. The Hall–Kier alpha value is -0.960. The summed E-state index contributed by atoms with van der Waals surface area (Å²) in [6.45, 7) is 0.446. The van der Waals surface area contributed by atoms with Gasteiger partial charge in [0.25, 0.3) is 10.0 Å². The number of aromatic amines is 1. The number of hydrogen-bond acceptors (Lipinski definition) is 5. The largest absolute Gasteiger partial charge is 0.392 e. The maximum atomic E-state index is 12.4. The van der Waals surface area contributed by atoms with Crippen LogP contribution in [0.15, 0.2) is 11.2 Å². The zero-order valence-electron chi connectivity index (χ0n) is 10.2. The zero-order valence-corrected chi connectivity index (χ0v) is 11.0. The lowest BCUT2D eigenvalue weighted by molar-refractivity contribution is 0.0571. The number of aromatic nitrogens is 2. The summed E-state index contributed by atoms with van der Waals surface area (Å²) in [7, 11) is -2.05. The van der Waals surface area contributed by atoms with Crippen LogP contribution in [0.4, 0.5) is 0 Å². The van der Waals surface area contributed by atoms with E-state index in [1.54, 1.807) is 7.11 Å². The number of piperidine rings is 1. The molecule has 0 radical (unpaired) electrons. The highest BCUT2D eigenvalue weighted by atomic mass is 32.2. The first-order valence-electron chi connectivity index (χ1n) is 5.75. The molecule has 1 unspecified atom stereocenters. The number of ether oxygens (including phenoxy) is 1. The van der Waals surface area contributed by atoms with Gasteiger partial charge in [0.15, 0.2) is 5.03 Å². The maximum Gasteiger partial charge on any atom is 0.260 e. The second-order valence-corrected chi connectivity index (χ2v) is 6.12. The number of nitrogens with zero attached hydrogens (tertiary/aromatic N) is 2. The minimum Gasteiger partial charge on any atom is -0.392 e. The van der Waals surface area contributed by atoms with Crippen LogP contribution in [0, 0.1) is 0 Å². The number of aliphatic hydroxyl groups is 1. The van der Waals surface area contributed by atoms with Crippen molar-refractivity contribution < 1.29 is 18.3 Å². The van der Waals surface area contributed by atoms with Crippen LogP contribution in [0.1, 0.15) is 18.4 Å². The van der Waals surface area contributed by atoms with E-state index in [9.17, 15) is 8.42 Å². The third kappa shape index (κ3) is 2.41. The molecule has 1 aliphatic heterocycles. The summed E-state index contributed by atoms with van der Waals surface area (Å²) in [5.41, 5.74) is 0.287. The fourth-order valence-corrected chi connectivity index (χ4v) is 3.69. The van der Waals surface area contributed by atoms with Crippen molar-refractivity contribution in [3.05, 3.63) is 11.8 Å². The lowest BCUT2D eigenvalue weighted by Gasteiger charge is -2.30. The van der Waals surface area contributed by atoms with Crippen molar-refractivity contribution in [2.75, 3.05) is 20.2 Å². The molecule has 0 aromatic carbocycles. The van der Waals surface area contributed by atoms with Gasteiger partial charge in [-0.25, -0.2) is 8.42 Å². The van der Waals surface area contributed by atoms with Gasteiger partial charge in [-0.05, 0) is 12.8 Å². The van der Waals surface area contributed by atoms with Crippen LogP contribution in [0.2, 0.25) is 0 Å². The molecule has 0 bridgehead atoms. The van der Waals surface area contributed by atoms with Gasteiger partial charge in [-0.2, -0.15) is 9.40 Å². The number of methoxy groups -OCH3 is 1. The van der Waals surface area contributed by atoms with E-state index in [1.165, 1.54) is 10.5 Å². The first-order valence-corrected chi connectivity index (χ1v) is 7.19. The molecule has 1 saturated heterocycles. The van der Waals surface area contributed by atoms with Crippen molar-refractivity contribution in [3.63, 3.8) is 0 Å². The summed E-state index contributed by atoms with van der Waals surface area (Å²) < 4.78 is 31.3. The van der Waals surface area contributed by atoms with Crippen molar-refractivity contribution in [1.29, 1.82) is 0 Å². The highest BCUT2D eigenvalue weighted by molar-refractivity contribution is 7.89. The summed E-state index contributed by atoms with van der Waals surface area (Å²) in [6, 6.07) is 0. The Morgan fingerprint density at radius 1 is 1.67 bits per heavy atom. The van der Waals surface area contributed by atoms with E-state index in [1.807, 2.05) is 0 Å². The first-order chi connectivity index (χ1) is 8.59. The Labute approximate surface area is 106 Å². The molecule has 8 heteroatoms. The third-order valence-electron chi connectivity index (χ3n) is 3.12. The summed E-state index contributed by atoms with van der Waals surface area (Å²) in [6.07, 6.45) is 2.87. The van der Waals surface area contributed by atoms with E-state index in [-0.39, 0.29) is 23.3 Å². The van der Waals surface area contributed by atoms with Crippen LogP contribution in [-0.2, 0) is 21.4 Å². The molecule has 0 amide bonds. The average Bonchev–Trinajstić information content (AvgIpc) is 2.88. The molecule has 0 saturated carbocycles. The Morgan fingerprint density at radius 3 is 3.11 bits per heavy atom. The monoisotopic (exact) mass is 275 g/mol. The number of rotatable bonds is 4. The Bertz CT molecular complexity index is 499. The number of H-pyrrole nitrogens is 1. The van der Waals surface area contributed by atoms with Gasteiger partial charge in [-0.1, -0.05) is 0 Å². The van der Waals surface area contributed by atoms with Gasteiger partial charge in [-0.15, -0.1) is 0 Å². The molecular formula is C10H17N3O4S. The highest BCUT2D eigenvalue weighted by Gasteiger charge is 2.32. The molecule has 18 heavy (non-hydrogen) atoms. The van der Waals surface area contributed by atoms with Gasteiger partial charge in [0.2, 0.25) is 0 Å². The standard InChI is InChI=1S/C10H17N3O4S/c1-17-9-3-2-4-13(6-9)18(15,16)10-8(7-14)5-11-12-10/h5,9,14H,2-4,6-7H2,1H3,(H,11,12). The summed E-state index contributed by atoms with van der Waals surface area (Å²) >= 11 is 0. The van der Waals surface area contributed by atoms with Gasteiger partial charge < -0.3 is 9.84 Å². The van der Waals surface area contributed by atoms with E-state index in [2.05, 4.69) is 10.2 Å². The zero-order chi connectivity index (χ0) is 13.2. The van der Waals surface area contributed by atoms with Crippen LogP contribution >= 0.6 is 0 Å². The third-order valence-corrected chi connectivity index (χ3v) is 5.00. The predicted octanol–water partition coefficient (Wildman–Crippen LogP) is -0.298. The first kappa shape index (κ1) is 13.5. The lowest BCUT2D eigenvalue weighted by Crippen LogP contribution is -2.43. The molecule has 2 N–H and O–H groups in total. The quantitative estimate of drug-likeness (QED) is 0.786. The molecule has 1 atom stereocenters. The second kappa shape index (κ2) is 5.35. The number of hydrogen-bond donors (Lipinski definition) is 2. The summed E-state index contributed by atoms with van der Waals surface area (Å²) in [4.78, 5) is 0. The molecule has 0 aliphatic carbocycles. The molecule has 1 aromatic heterocycles. The minimum atomic E-state index is -3.63. The molecule has 102 valence electrons. The topological polar surface area (TPSA) is 95.5 Å². The summed E-state index contributed by atoms with van der Waals surface area (Å²) in [5.74, 6) is 0. The molecule has 1 aromatic rings. The van der Waals surface area contributed by atoms with Crippen LogP contribution in [0.5, 0.6) is 0 Å². The van der Waals surface area contributed by atoms with E-state index in [0.29, 0.717) is 13.1 Å². The molecule has 1 fully saturated rings. The molecule has 2 rings (SSSR count). The van der Waals surface area contributed by atoms with Crippen LogP contribution in [-0.4, -0.2) is 54.3 Å². The lowest BCUT2D eigenvalue weighted by atomic mass is 10.1. The smallest absolute Gasteiger partial charge is 0.260 e. The Balaban J connectivity index is 2.25. The SMILES string of the molecule is COC1CCCN(S(=O)(=O)c2[nH]ncc2CO)C1. The number of sulfonamides is 1. The van der Waals surface area contributed by atoms with Crippen molar-refractivity contribution >= 4 is 10.0 Å². The number of nitrogens with one attached hydrogen (secondary N) is 1. The van der Waals surface area contributed by atoms with Crippen molar-refractivity contribution in [2.24, 2.45) is 0 Å². The fraction of sp³-hybridized carbons (Fsp3) is 0.700. The van der Waals surface area contributed by atoms with Crippen molar-refractivity contribution in [2.45, 2.75) is 30.6 Å². The van der Waals surface area contributed by atoms with Crippen LogP contribution in [0.3, 0.4) is 0 Å². The molecule has 0 spiro atoms. The predicted molar refractivity (Wildman–Crippen MR) is 63.3 cm³/mol. The van der Waals surface area contributed by atoms with Gasteiger partial charge in [-0.3, -0.25) is 5.10 Å². The fourth-order valence-electron chi connectivity index (χ4n) is 2.08. The van der Waals surface area contributed by atoms with Crippen LogP contribution in [0.25, 0.3) is 0 Å². The molecule has 1 aliphatic rings. The van der Waals surface area contributed by atoms with E-state index in [4.69, 9.17) is 9.84 Å². The van der Waals surface area contributed by atoms with Crippen LogP contribution < -0.4 is 0 Å². The van der Waals surface area contributed by atoms with Crippen molar-refractivity contribution in [3.8, 4) is 0 Å². The van der Waals surface area contributed by atoms with E-state index in [0.717, 1.165) is 12.8 Å². The normalized spacial score (nSPS) is 22.2. The van der Waals surface area contributed by atoms with E-state index >= 15 is 0 Å². The second-order valence-electron chi connectivity index (χ2n) is 4.25. The van der Waals surface area contributed by atoms with Gasteiger partial charge >= 0.3 is 0 Å². The molecule has 2 heterocycles. The Morgan fingerprint density at radius 2 is 2.44 bits per heavy atom. The number of aliphatic hydroxyl groups excluding tert-OH is 1. The Kier molecular flexibility index (Phi) is 4.00. The van der Waals surface area contributed by atoms with Gasteiger partial charge in [0.05, 0.1) is 18.9 Å². The maximum absolute atomic E-state index is 12.4. The highest BCUT2D eigenvalue weighted by Crippen LogP contribution is 2.22. The summed E-state index contributed by atoms with van der Waals surface area (Å²) in [5, 5.41) is 15.2. The average molecular weight is 275 g/mol. The van der Waals surface area contributed by atoms with Gasteiger partial charge in [0.1, 0.15) is 0 Å². The molecule has 7 nitrogen and oxygen atoms in total. The van der Waals surface area contributed by atoms with Crippen molar-refractivity contribution in [1.82, 2.24) is 14.5 Å².